The van der Waals surface area contributed by atoms with Crippen molar-refractivity contribution in [1.29, 1.82) is 0 Å². The highest BCUT2D eigenvalue weighted by Gasteiger charge is 2.40. The summed E-state index contributed by atoms with van der Waals surface area (Å²) < 4.78 is 33.4. The van der Waals surface area contributed by atoms with E-state index >= 15 is 0 Å². The van der Waals surface area contributed by atoms with Crippen LogP contribution in [0.15, 0.2) is 66.7 Å². The first kappa shape index (κ1) is 39.8. The Bertz CT molecular complexity index is 1770. The third-order valence-electron chi connectivity index (χ3n) is 10.2. The van der Waals surface area contributed by atoms with Crippen molar-refractivity contribution in [3.8, 4) is 34.5 Å². The smallest absolute Gasteiger partial charge is 0.341 e. The van der Waals surface area contributed by atoms with Gasteiger partial charge in [-0.2, -0.15) is 0 Å². The van der Waals surface area contributed by atoms with Gasteiger partial charge in [-0.3, -0.25) is 9.59 Å². The maximum atomic E-state index is 14.9. The first-order chi connectivity index (χ1) is 26.2. The lowest BCUT2D eigenvalue weighted by Crippen LogP contribution is -2.54. The molecule has 54 heavy (non-hydrogen) atoms. The lowest BCUT2D eigenvalue weighted by Gasteiger charge is -2.39. The van der Waals surface area contributed by atoms with Gasteiger partial charge in [0.1, 0.15) is 11.8 Å². The Labute approximate surface area is 317 Å². The van der Waals surface area contributed by atoms with E-state index in [-0.39, 0.29) is 17.7 Å². The van der Waals surface area contributed by atoms with Crippen LogP contribution in [0.25, 0.3) is 0 Å². The molecular formula is C42H52N2O10. The van der Waals surface area contributed by atoms with E-state index in [9.17, 15) is 19.5 Å². The number of ether oxygens (including phenoxy) is 6. The number of piperidine rings is 1. The van der Waals surface area contributed by atoms with Crippen LogP contribution in [0.4, 0.5) is 0 Å². The normalized spacial score (nSPS) is 17.8. The lowest BCUT2D eigenvalue weighted by atomic mass is 9.78. The summed E-state index contributed by atoms with van der Waals surface area (Å²) >= 11 is 0. The number of amides is 2. The summed E-state index contributed by atoms with van der Waals surface area (Å²) in [6, 6.07) is 15.3. The van der Waals surface area contributed by atoms with Crippen LogP contribution in [0.2, 0.25) is 0 Å². The van der Waals surface area contributed by atoms with Gasteiger partial charge < -0.3 is 43.7 Å². The number of hydrogen-bond acceptors (Lipinski definition) is 9. The molecule has 3 aromatic rings. The minimum atomic E-state index is -1.09. The molecule has 1 aliphatic carbocycles. The van der Waals surface area contributed by atoms with Gasteiger partial charge in [-0.1, -0.05) is 30.4 Å². The number of hydrogen-bond donors (Lipinski definition) is 2. The molecule has 1 saturated heterocycles. The van der Waals surface area contributed by atoms with Crippen molar-refractivity contribution in [2.24, 2.45) is 5.92 Å². The summed E-state index contributed by atoms with van der Waals surface area (Å²) in [5.74, 6) is 0.851. The van der Waals surface area contributed by atoms with Crippen molar-refractivity contribution in [2.75, 3.05) is 48.7 Å². The molecule has 2 N–H and O–H groups in total. The zero-order valence-electron chi connectivity index (χ0n) is 31.8. The molecule has 1 fully saturated rings. The van der Waals surface area contributed by atoms with Crippen molar-refractivity contribution in [1.82, 2.24) is 10.2 Å². The molecule has 12 nitrogen and oxygen atoms in total. The van der Waals surface area contributed by atoms with E-state index in [0.717, 1.165) is 48.8 Å². The highest BCUT2D eigenvalue weighted by molar-refractivity contribution is 5.91. The number of aryl methyl sites for hydroxylation is 1. The molecule has 1 aliphatic heterocycles. The van der Waals surface area contributed by atoms with Crippen molar-refractivity contribution in [3.63, 3.8) is 0 Å². The number of carboxylic acids is 1. The van der Waals surface area contributed by atoms with Crippen molar-refractivity contribution in [2.45, 2.75) is 69.4 Å². The number of allylic oxidation sites excluding steroid dienone is 2. The fraction of sp³-hybridized carbons (Fsp3) is 0.452. The van der Waals surface area contributed by atoms with Crippen LogP contribution < -0.4 is 33.7 Å². The van der Waals surface area contributed by atoms with Crippen LogP contribution in [0.1, 0.15) is 73.6 Å². The Kier molecular flexibility index (Phi) is 14.1. The molecular weight excluding hydrogens is 692 g/mol. The summed E-state index contributed by atoms with van der Waals surface area (Å²) in [4.78, 5) is 42.4. The number of nitrogens with one attached hydrogen (secondary N) is 1. The highest BCUT2D eigenvalue weighted by atomic mass is 16.5. The second-order valence-corrected chi connectivity index (χ2v) is 13.5. The quantitative estimate of drug-likeness (QED) is 0.147. The van der Waals surface area contributed by atoms with Gasteiger partial charge in [0.05, 0.1) is 47.5 Å². The minimum absolute atomic E-state index is 0.0810. The van der Waals surface area contributed by atoms with Crippen molar-refractivity contribution >= 4 is 17.8 Å². The van der Waals surface area contributed by atoms with E-state index in [1.54, 1.807) is 58.6 Å². The van der Waals surface area contributed by atoms with E-state index in [1.165, 1.54) is 0 Å². The van der Waals surface area contributed by atoms with Crippen LogP contribution in [0.5, 0.6) is 34.5 Å². The average Bonchev–Trinajstić information content (AvgIpc) is 3.21. The largest absolute Gasteiger partial charge is 0.493 e. The van der Waals surface area contributed by atoms with Crippen LogP contribution >= 0.6 is 0 Å². The zero-order chi connectivity index (χ0) is 38.6. The maximum Gasteiger partial charge on any atom is 0.341 e. The third-order valence-corrected chi connectivity index (χ3v) is 10.2. The van der Waals surface area contributed by atoms with E-state index in [1.807, 2.05) is 36.4 Å². The van der Waals surface area contributed by atoms with Gasteiger partial charge in [0, 0.05) is 6.54 Å². The Morgan fingerprint density at radius 2 is 1.56 bits per heavy atom. The number of methoxy groups -OCH3 is 5. The predicted molar refractivity (Wildman–Crippen MR) is 203 cm³/mol. The molecule has 2 amide bonds. The van der Waals surface area contributed by atoms with Gasteiger partial charge in [-0.15, -0.1) is 0 Å². The Morgan fingerprint density at radius 1 is 0.815 bits per heavy atom. The average molecular weight is 745 g/mol. The monoisotopic (exact) mass is 744 g/mol. The number of nitrogens with zero attached hydrogens (tertiary/aromatic N) is 1. The van der Waals surface area contributed by atoms with E-state index < -0.39 is 30.6 Å². The fourth-order valence-electron chi connectivity index (χ4n) is 7.52. The zero-order valence-corrected chi connectivity index (χ0v) is 31.8. The standard InChI is InChI=1S/C42H52N2O10/c1-49-34-20-18-27(22-35(34)50-2)17-19-32(29-14-11-15-31(23-29)54-26-38(45)46)43-41(47)33-16-9-10-21-44(33)42(48)39(28-12-7-6-8-13-28)30-24-36(51-3)40(53-5)37(25-30)52-4/h7,11-12,14-15,18,20,22-25,28,32-33,39H,6,8-10,13,16-17,19,21,26H2,1-5H3,(H,43,47)(H,45,46)/t28-,32+,33-,39-/m0/s1. The number of carboxylic acid groups (broad SMARTS) is 1. The number of benzene rings is 3. The second-order valence-electron chi connectivity index (χ2n) is 13.5. The molecule has 12 heteroatoms. The van der Waals surface area contributed by atoms with Gasteiger partial charge in [0.15, 0.2) is 29.6 Å². The predicted octanol–water partition coefficient (Wildman–Crippen LogP) is 6.50. The number of aliphatic carboxylic acids is 1. The highest BCUT2D eigenvalue weighted by Crippen LogP contribution is 2.44. The van der Waals surface area contributed by atoms with Gasteiger partial charge in [-0.05, 0) is 110 Å². The lowest BCUT2D eigenvalue weighted by molar-refractivity contribution is -0.144. The van der Waals surface area contributed by atoms with E-state index in [2.05, 4.69) is 17.5 Å². The molecule has 0 bridgehead atoms. The molecule has 0 unspecified atom stereocenters. The van der Waals surface area contributed by atoms with Crippen molar-refractivity contribution < 1.29 is 47.9 Å². The second kappa shape index (κ2) is 19.1. The topological polar surface area (TPSA) is 142 Å². The maximum absolute atomic E-state index is 14.9. The first-order valence-electron chi connectivity index (χ1n) is 18.4. The van der Waals surface area contributed by atoms with Gasteiger partial charge in [0.25, 0.3) is 0 Å². The Balaban J connectivity index is 1.46. The summed E-state index contributed by atoms with van der Waals surface area (Å²) in [5.41, 5.74) is 2.47. The summed E-state index contributed by atoms with van der Waals surface area (Å²) in [7, 11) is 7.82. The van der Waals surface area contributed by atoms with Crippen LogP contribution in [0.3, 0.4) is 0 Å². The SMILES string of the molecule is COc1ccc(CC[C@@H](NC(=O)[C@@H]2CCCCN2C(=O)[C@H](c2cc(OC)c(OC)c(OC)c2)[C@H]2C=CCCC2)c2cccc(OCC(=O)O)c2)cc1OC. The van der Waals surface area contributed by atoms with Crippen LogP contribution in [0, 0.1) is 5.92 Å². The molecule has 0 saturated carbocycles. The molecule has 0 spiro atoms. The molecule has 5 rings (SSSR count). The molecule has 290 valence electrons. The molecule has 1 heterocycles. The Morgan fingerprint density at radius 3 is 2.20 bits per heavy atom. The molecule has 0 radical (unpaired) electrons. The van der Waals surface area contributed by atoms with Crippen LogP contribution in [-0.4, -0.2) is 82.5 Å². The molecule has 0 aromatic heterocycles. The number of likely N-dealkylation sites (tertiary alicyclic amines) is 1. The number of carbonyl (C=O) groups excluding carboxylic acids is 2. The molecule has 4 atom stereocenters. The fourth-order valence-corrected chi connectivity index (χ4v) is 7.52. The number of carbonyl (C=O) groups is 3. The van der Waals surface area contributed by atoms with Crippen LogP contribution in [-0.2, 0) is 20.8 Å². The van der Waals surface area contributed by atoms with Gasteiger partial charge >= 0.3 is 5.97 Å². The van der Waals surface area contributed by atoms with E-state index in [4.69, 9.17) is 28.4 Å². The summed E-state index contributed by atoms with van der Waals surface area (Å²) in [6.45, 7) is -0.0440. The van der Waals surface area contributed by atoms with Crippen molar-refractivity contribution in [3.05, 3.63) is 83.4 Å². The minimum Gasteiger partial charge on any atom is -0.493 e. The van der Waals surface area contributed by atoms with Gasteiger partial charge in [-0.25, -0.2) is 4.79 Å². The molecule has 2 aliphatic rings. The number of rotatable bonds is 17. The summed E-state index contributed by atoms with van der Waals surface area (Å²) in [6.07, 6.45) is 10.2. The van der Waals surface area contributed by atoms with E-state index in [0.29, 0.717) is 60.3 Å². The first-order valence-corrected chi connectivity index (χ1v) is 18.4. The summed E-state index contributed by atoms with van der Waals surface area (Å²) in [5, 5.41) is 12.5. The van der Waals surface area contributed by atoms with Gasteiger partial charge in [0.2, 0.25) is 17.6 Å². The Hall–Kier alpha value is -5.39. The third kappa shape index (κ3) is 9.58. The molecule has 3 aromatic carbocycles.